The van der Waals surface area contributed by atoms with Crippen molar-refractivity contribution < 1.29 is 9.63 Å². The molecule has 0 radical (unpaired) electrons. The summed E-state index contributed by atoms with van der Waals surface area (Å²) < 4.78 is 5.15. The Morgan fingerprint density at radius 2 is 1.84 bits per heavy atom. The van der Waals surface area contributed by atoms with Crippen molar-refractivity contribution in [3.8, 4) is 28.6 Å². The van der Waals surface area contributed by atoms with E-state index in [0.717, 1.165) is 5.56 Å². The molecule has 0 fully saturated rings. The van der Waals surface area contributed by atoms with E-state index in [1.54, 1.807) is 30.5 Å². The Bertz CT molecular complexity index is 710. The van der Waals surface area contributed by atoms with Crippen molar-refractivity contribution >= 4 is 11.6 Å². The van der Waals surface area contributed by atoms with Gasteiger partial charge in [-0.15, -0.1) is 0 Å². The van der Waals surface area contributed by atoms with Gasteiger partial charge in [-0.05, 0) is 30.3 Å². The van der Waals surface area contributed by atoms with E-state index in [1.807, 2.05) is 0 Å². The van der Waals surface area contributed by atoms with Gasteiger partial charge in [0.05, 0.1) is 11.8 Å². The Kier molecular flexibility index (Phi) is 2.89. The molecule has 0 aliphatic heterocycles. The van der Waals surface area contributed by atoms with E-state index in [1.165, 1.54) is 12.3 Å². The second kappa shape index (κ2) is 4.70. The van der Waals surface area contributed by atoms with Crippen LogP contribution in [0.1, 0.15) is 0 Å². The zero-order valence-corrected chi connectivity index (χ0v) is 10.4. The van der Waals surface area contributed by atoms with E-state index in [4.69, 9.17) is 16.1 Å². The van der Waals surface area contributed by atoms with Gasteiger partial charge in [0.1, 0.15) is 5.75 Å². The van der Waals surface area contributed by atoms with Gasteiger partial charge in [-0.25, -0.2) is 0 Å². The third-order valence-corrected chi connectivity index (χ3v) is 2.75. The summed E-state index contributed by atoms with van der Waals surface area (Å²) in [6, 6.07) is 8.62. The van der Waals surface area contributed by atoms with Crippen molar-refractivity contribution in [2.45, 2.75) is 0 Å². The standard InChI is InChI=1S/C13H8ClN3O2/c14-10-3-1-8(2-4-10)12-16-13(19-17-12)9-5-11(18)7-15-6-9/h1-7,18H. The van der Waals surface area contributed by atoms with E-state index >= 15 is 0 Å². The van der Waals surface area contributed by atoms with Gasteiger partial charge >= 0.3 is 0 Å². The minimum absolute atomic E-state index is 0.0451. The highest BCUT2D eigenvalue weighted by Gasteiger charge is 2.11. The number of aromatic hydroxyl groups is 1. The average molecular weight is 274 g/mol. The van der Waals surface area contributed by atoms with Crippen LogP contribution >= 0.6 is 11.6 Å². The maximum Gasteiger partial charge on any atom is 0.259 e. The van der Waals surface area contributed by atoms with Crippen molar-refractivity contribution in [3.63, 3.8) is 0 Å². The van der Waals surface area contributed by atoms with Gasteiger partial charge in [0.2, 0.25) is 5.82 Å². The van der Waals surface area contributed by atoms with Crippen LogP contribution in [-0.2, 0) is 0 Å². The number of halogens is 1. The Hall–Kier alpha value is -2.40. The number of hydrogen-bond donors (Lipinski definition) is 1. The molecule has 5 nitrogen and oxygen atoms in total. The Morgan fingerprint density at radius 1 is 1.05 bits per heavy atom. The fraction of sp³-hybridized carbons (Fsp3) is 0. The van der Waals surface area contributed by atoms with Crippen molar-refractivity contribution in [3.05, 3.63) is 47.7 Å². The minimum atomic E-state index is 0.0451. The van der Waals surface area contributed by atoms with Crippen molar-refractivity contribution in [2.24, 2.45) is 0 Å². The van der Waals surface area contributed by atoms with E-state index in [-0.39, 0.29) is 5.75 Å². The van der Waals surface area contributed by atoms with Crippen molar-refractivity contribution in [1.29, 1.82) is 0 Å². The largest absolute Gasteiger partial charge is 0.506 e. The number of nitrogens with zero attached hydrogens (tertiary/aromatic N) is 3. The summed E-state index contributed by atoms with van der Waals surface area (Å²) in [7, 11) is 0. The molecular weight excluding hydrogens is 266 g/mol. The molecule has 1 N–H and O–H groups in total. The SMILES string of the molecule is Oc1cncc(-c2nc(-c3ccc(Cl)cc3)no2)c1. The van der Waals surface area contributed by atoms with Gasteiger partial charge in [-0.3, -0.25) is 4.98 Å². The Morgan fingerprint density at radius 3 is 2.58 bits per heavy atom. The molecule has 0 saturated heterocycles. The monoisotopic (exact) mass is 273 g/mol. The molecule has 0 atom stereocenters. The maximum absolute atomic E-state index is 9.36. The molecule has 1 aromatic carbocycles. The van der Waals surface area contributed by atoms with Gasteiger partial charge < -0.3 is 9.63 Å². The lowest BCUT2D eigenvalue weighted by Crippen LogP contribution is -1.82. The summed E-state index contributed by atoms with van der Waals surface area (Å²) in [6.07, 6.45) is 2.87. The molecule has 19 heavy (non-hydrogen) atoms. The first-order chi connectivity index (χ1) is 9.22. The lowest BCUT2D eigenvalue weighted by molar-refractivity contribution is 0.431. The number of rotatable bonds is 2. The van der Waals surface area contributed by atoms with Gasteiger partial charge in [-0.2, -0.15) is 4.98 Å². The minimum Gasteiger partial charge on any atom is -0.506 e. The fourth-order valence-electron chi connectivity index (χ4n) is 1.60. The predicted molar refractivity (Wildman–Crippen MR) is 69.6 cm³/mol. The lowest BCUT2D eigenvalue weighted by Gasteiger charge is -1.94. The number of hydrogen-bond acceptors (Lipinski definition) is 5. The Balaban J connectivity index is 1.97. The molecular formula is C13H8ClN3O2. The molecule has 0 aliphatic rings. The summed E-state index contributed by atoms with van der Waals surface area (Å²) in [5, 5.41) is 13.9. The molecule has 2 heterocycles. The highest BCUT2D eigenvalue weighted by molar-refractivity contribution is 6.30. The first-order valence-corrected chi connectivity index (χ1v) is 5.84. The quantitative estimate of drug-likeness (QED) is 0.776. The van der Waals surface area contributed by atoms with Gasteiger partial charge in [-0.1, -0.05) is 16.8 Å². The zero-order chi connectivity index (χ0) is 13.2. The normalized spacial score (nSPS) is 10.6. The first-order valence-electron chi connectivity index (χ1n) is 5.46. The number of aromatic nitrogens is 3. The van der Waals surface area contributed by atoms with Crippen LogP contribution in [0, 0.1) is 0 Å². The predicted octanol–water partition coefficient (Wildman–Crippen LogP) is 3.16. The van der Waals surface area contributed by atoms with Crippen LogP contribution in [-0.4, -0.2) is 20.2 Å². The molecule has 0 aliphatic carbocycles. The summed E-state index contributed by atoms with van der Waals surface area (Å²) in [4.78, 5) is 8.11. The van der Waals surface area contributed by atoms with Crippen LogP contribution in [0.2, 0.25) is 5.02 Å². The highest BCUT2D eigenvalue weighted by atomic mass is 35.5. The van der Waals surface area contributed by atoms with Crippen LogP contribution in [0.15, 0.2) is 47.2 Å². The second-order valence-electron chi connectivity index (χ2n) is 3.86. The summed E-state index contributed by atoms with van der Waals surface area (Å²) >= 11 is 5.82. The van der Waals surface area contributed by atoms with E-state index in [2.05, 4.69) is 15.1 Å². The molecule has 6 heteroatoms. The summed E-state index contributed by atoms with van der Waals surface area (Å²) in [5.41, 5.74) is 1.36. The van der Waals surface area contributed by atoms with E-state index in [9.17, 15) is 5.11 Å². The fourth-order valence-corrected chi connectivity index (χ4v) is 1.73. The maximum atomic E-state index is 9.36. The van der Waals surface area contributed by atoms with Crippen LogP contribution < -0.4 is 0 Å². The molecule has 0 amide bonds. The van der Waals surface area contributed by atoms with Crippen LogP contribution in [0.4, 0.5) is 0 Å². The van der Waals surface area contributed by atoms with Crippen molar-refractivity contribution in [1.82, 2.24) is 15.1 Å². The van der Waals surface area contributed by atoms with Crippen LogP contribution in [0.3, 0.4) is 0 Å². The Labute approximate surface area is 113 Å². The molecule has 94 valence electrons. The molecule has 0 unspecified atom stereocenters. The van der Waals surface area contributed by atoms with Crippen LogP contribution in [0.5, 0.6) is 5.75 Å². The van der Waals surface area contributed by atoms with E-state index in [0.29, 0.717) is 22.3 Å². The van der Waals surface area contributed by atoms with Gasteiger partial charge in [0, 0.05) is 16.8 Å². The molecule has 0 spiro atoms. The molecule has 2 aromatic heterocycles. The third-order valence-electron chi connectivity index (χ3n) is 2.50. The highest BCUT2D eigenvalue weighted by Crippen LogP contribution is 2.24. The smallest absolute Gasteiger partial charge is 0.259 e. The van der Waals surface area contributed by atoms with Crippen molar-refractivity contribution in [2.75, 3.05) is 0 Å². The second-order valence-corrected chi connectivity index (χ2v) is 4.30. The average Bonchev–Trinajstić information content (AvgIpc) is 2.89. The molecule has 3 rings (SSSR count). The van der Waals surface area contributed by atoms with Gasteiger partial charge in [0.25, 0.3) is 5.89 Å². The topological polar surface area (TPSA) is 72.0 Å². The summed E-state index contributed by atoms with van der Waals surface area (Å²) in [6.45, 7) is 0. The number of pyridine rings is 1. The lowest BCUT2D eigenvalue weighted by atomic mass is 10.2. The van der Waals surface area contributed by atoms with Crippen LogP contribution in [0.25, 0.3) is 22.8 Å². The molecule has 3 aromatic rings. The zero-order valence-electron chi connectivity index (χ0n) is 9.62. The van der Waals surface area contributed by atoms with Gasteiger partial charge in [0.15, 0.2) is 0 Å². The van der Waals surface area contributed by atoms with E-state index < -0.39 is 0 Å². The number of benzene rings is 1. The third kappa shape index (κ3) is 2.41. The molecule has 0 saturated carbocycles. The summed E-state index contributed by atoms with van der Waals surface area (Å²) in [5.74, 6) is 0.798. The molecule has 0 bridgehead atoms. The first kappa shape index (κ1) is 11.7.